The minimum Gasteiger partial charge on any atom is -0.455 e. The third-order valence-corrected chi connectivity index (χ3v) is 10.2. The van der Waals surface area contributed by atoms with Gasteiger partial charge in [-0.25, -0.2) is 9.37 Å². The molecular weight excluding hydrogens is 618 g/mol. The lowest BCUT2D eigenvalue weighted by molar-refractivity contribution is 0.435. The van der Waals surface area contributed by atoms with Crippen molar-refractivity contribution in [3.63, 3.8) is 0 Å². The van der Waals surface area contributed by atoms with Gasteiger partial charge in [-0.05, 0) is 88.0 Å². The summed E-state index contributed by atoms with van der Waals surface area (Å²) >= 11 is 0. The average molecular weight is 644 g/mol. The van der Waals surface area contributed by atoms with Crippen molar-refractivity contribution in [2.75, 3.05) is 0 Å². The van der Waals surface area contributed by atoms with Crippen molar-refractivity contribution >= 4 is 11.0 Å². The summed E-state index contributed by atoms with van der Waals surface area (Å²) in [5, 5.41) is 10.6. The number of fused-ring (bicyclic) bond motifs is 10. The highest BCUT2D eigenvalue weighted by molar-refractivity contribution is 5.90. The van der Waals surface area contributed by atoms with Crippen LogP contribution in [-0.4, -0.2) is 9.55 Å². The number of hydrogen-bond donors (Lipinski definition) is 0. The normalized spacial score (nSPS) is 13.2. The van der Waals surface area contributed by atoms with Crippen LogP contribution in [0, 0.1) is 17.1 Å². The van der Waals surface area contributed by atoms with Gasteiger partial charge in [-0.15, -0.1) is 0 Å². The molecule has 2 aliphatic rings. The van der Waals surface area contributed by atoms with E-state index < -0.39 is 5.41 Å². The molecule has 1 aromatic heterocycles. The molecule has 0 atom stereocenters. The molecule has 2 heterocycles. The number of benzene rings is 7. The SMILES string of the molecule is N#Cc1cc(-c2ccc(-c3nc4ccccc4n3-c3ccc(F)cc3)cc2)cc2c1Oc1ccccc1C21c2ccccc2-c2ccccc21. The molecule has 0 saturated carbocycles. The Bertz CT molecular complexity index is 2660. The van der Waals surface area contributed by atoms with E-state index in [9.17, 15) is 9.65 Å². The maximum absolute atomic E-state index is 13.9. The molecule has 0 bridgehead atoms. The lowest BCUT2D eigenvalue weighted by atomic mass is 9.65. The summed E-state index contributed by atoms with van der Waals surface area (Å²) in [7, 11) is 0. The molecule has 0 amide bonds. The van der Waals surface area contributed by atoms with Crippen molar-refractivity contribution < 1.29 is 9.13 Å². The number of rotatable bonds is 3. The molecule has 0 saturated heterocycles. The van der Waals surface area contributed by atoms with Crippen molar-refractivity contribution in [2.24, 2.45) is 0 Å². The predicted molar refractivity (Wildman–Crippen MR) is 194 cm³/mol. The lowest BCUT2D eigenvalue weighted by Crippen LogP contribution is -2.32. The zero-order valence-corrected chi connectivity index (χ0v) is 26.6. The van der Waals surface area contributed by atoms with Crippen LogP contribution in [0.2, 0.25) is 0 Å². The van der Waals surface area contributed by atoms with Crippen LogP contribution in [0.25, 0.3) is 50.4 Å². The molecule has 7 aromatic carbocycles. The number of hydrogen-bond acceptors (Lipinski definition) is 3. The number of imidazole rings is 1. The minimum absolute atomic E-state index is 0.286. The van der Waals surface area contributed by atoms with E-state index in [4.69, 9.17) is 9.72 Å². The van der Waals surface area contributed by atoms with Crippen molar-refractivity contribution in [1.82, 2.24) is 9.55 Å². The molecule has 1 spiro atoms. The van der Waals surface area contributed by atoms with Crippen LogP contribution in [0.4, 0.5) is 4.39 Å². The van der Waals surface area contributed by atoms with Gasteiger partial charge < -0.3 is 4.74 Å². The van der Waals surface area contributed by atoms with Crippen LogP contribution < -0.4 is 4.74 Å². The molecule has 0 unspecified atom stereocenters. The van der Waals surface area contributed by atoms with Crippen LogP contribution in [0.3, 0.4) is 0 Å². The Morgan fingerprint density at radius 2 is 1.22 bits per heavy atom. The first-order valence-electron chi connectivity index (χ1n) is 16.5. The molecule has 1 aliphatic carbocycles. The number of nitriles is 1. The van der Waals surface area contributed by atoms with Crippen LogP contribution in [0.15, 0.2) is 158 Å². The predicted octanol–water partition coefficient (Wildman–Crippen LogP) is 10.8. The van der Waals surface area contributed by atoms with Gasteiger partial charge >= 0.3 is 0 Å². The van der Waals surface area contributed by atoms with Crippen LogP contribution in [-0.2, 0) is 5.41 Å². The average Bonchev–Trinajstić information content (AvgIpc) is 3.70. The zero-order chi connectivity index (χ0) is 33.4. The fourth-order valence-electron chi connectivity index (χ4n) is 8.09. The van der Waals surface area contributed by atoms with E-state index >= 15 is 0 Å². The highest BCUT2D eigenvalue weighted by Gasteiger charge is 2.51. The van der Waals surface area contributed by atoms with E-state index in [-0.39, 0.29) is 5.82 Å². The third-order valence-electron chi connectivity index (χ3n) is 10.2. The summed E-state index contributed by atoms with van der Waals surface area (Å²) in [5.41, 5.74) is 12.0. The second-order valence-corrected chi connectivity index (χ2v) is 12.8. The molecule has 0 fully saturated rings. The second kappa shape index (κ2) is 10.6. The van der Waals surface area contributed by atoms with Crippen LogP contribution in [0.1, 0.15) is 27.8 Å². The Morgan fingerprint density at radius 1 is 0.600 bits per heavy atom. The van der Waals surface area contributed by atoms with Gasteiger partial charge in [0.05, 0.1) is 22.0 Å². The number of ether oxygens (including phenoxy) is 1. The Morgan fingerprint density at radius 3 is 1.94 bits per heavy atom. The Hall–Kier alpha value is -6.77. The van der Waals surface area contributed by atoms with E-state index in [1.54, 1.807) is 12.1 Å². The van der Waals surface area contributed by atoms with Crippen molar-refractivity contribution in [2.45, 2.75) is 5.41 Å². The fraction of sp³-hybridized carbons (Fsp3) is 0.0222. The summed E-state index contributed by atoms with van der Waals surface area (Å²) in [4.78, 5) is 4.99. The molecule has 0 radical (unpaired) electrons. The summed E-state index contributed by atoms with van der Waals surface area (Å²) in [6.07, 6.45) is 0. The third kappa shape index (κ3) is 3.87. The van der Waals surface area contributed by atoms with Gasteiger partial charge in [0.2, 0.25) is 0 Å². The monoisotopic (exact) mass is 643 g/mol. The first kappa shape index (κ1) is 28.3. The molecule has 8 aromatic rings. The molecule has 10 rings (SSSR count). The maximum Gasteiger partial charge on any atom is 0.150 e. The summed E-state index contributed by atoms with van der Waals surface area (Å²) in [6.45, 7) is 0. The maximum atomic E-state index is 13.9. The molecule has 50 heavy (non-hydrogen) atoms. The Balaban J connectivity index is 1.17. The van der Waals surface area contributed by atoms with E-state index in [2.05, 4.69) is 102 Å². The minimum atomic E-state index is -0.668. The van der Waals surface area contributed by atoms with Gasteiger partial charge in [-0.3, -0.25) is 4.57 Å². The van der Waals surface area contributed by atoms with E-state index in [1.165, 1.54) is 34.4 Å². The van der Waals surface area contributed by atoms with E-state index in [0.29, 0.717) is 11.3 Å². The largest absolute Gasteiger partial charge is 0.455 e. The second-order valence-electron chi connectivity index (χ2n) is 12.8. The highest BCUT2D eigenvalue weighted by Crippen LogP contribution is 2.62. The van der Waals surface area contributed by atoms with Gasteiger partial charge in [0.25, 0.3) is 0 Å². The summed E-state index contributed by atoms with van der Waals surface area (Å²) in [5.74, 6) is 1.82. The summed E-state index contributed by atoms with van der Waals surface area (Å²) in [6, 6.07) is 54.7. The van der Waals surface area contributed by atoms with Gasteiger partial charge in [0, 0.05) is 22.4 Å². The number of aromatic nitrogens is 2. The smallest absolute Gasteiger partial charge is 0.150 e. The van der Waals surface area contributed by atoms with Crippen LogP contribution in [0.5, 0.6) is 11.5 Å². The standard InChI is InChI=1S/C45H26FN3O/c46-32-21-23-33(24-22-32)49-41-15-7-6-14-40(41)48-44(49)29-19-17-28(18-20-29)30-25-31(27-47)43-39(26-30)45(38-13-5-8-16-42(38)50-43)36-11-3-1-9-34(36)35-10-2-4-12-37(35)45/h1-26H. The Kier molecular flexibility index (Phi) is 6.00. The van der Waals surface area contributed by atoms with Gasteiger partial charge in [-0.2, -0.15) is 5.26 Å². The highest BCUT2D eigenvalue weighted by atomic mass is 19.1. The first-order chi connectivity index (χ1) is 24.6. The van der Waals surface area contributed by atoms with Crippen molar-refractivity contribution in [1.29, 1.82) is 5.26 Å². The Labute approximate surface area is 287 Å². The quantitative estimate of drug-likeness (QED) is 0.192. The van der Waals surface area contributed by atoms with Crippen LogP contribution >= 0.6 is 0 Å². The number of nitrogens with zero attached hydrogens (tertiary/aromatic N) is 3. The number of para-hydroxylation sites is 3. The lowest BCUT2D eigenvalue weighted by Gasteiger charge is -2.40. The van der Waals surface area contributed by atoms with Gasteiger partial charge in [-0.1, -0.05) is 103 Å². The zero-order valence-electron chi connectivity index (χ0n) is 26.6. The van der Waals surface area contributed by atoms with Gasteiger partial charge in [0.15, 0.2) is 0 Å². The van der Waals surface area contributed by atoms with E-state index in [1.807, 2.05) is 42.5 Å². The summed E-state index contributed by atoms with van der Waals surface area (Å²) < 4.78 is 22.6. The topological polar surface area (TPSA) is 50.8 Å². The molecule has 1 aliphatic heterocycles. The van der Waals surface area contributed by atoms with Crippen molar-refractivity contribution in [3.05, 3.63) is 191 Å². The molecule has 4 nitrogen and oxygen atoms in total. The molecule has 234 valence electrons. The molecule has 5 heteroatoms. The van der Waals surface area contributed by atoms with Crippen molar-refractivity contribution in [3.8, 4) is 56.9 Å². The van der Waals surface area contributed by atoms with E-state index in [0.717, 1.165) is 56.1 Å². The first-order valence-corrected chi connectivity index (χ1v) is 16.5. The van der Waals surface area contributed by atoms with Gasteiger partial charge in [0.1, 0.15) is 29.2 Å². The fourth-order valence-corrected chi connectivity index (χ4v) is 8.09. The number of halogens is 1. The molecule has 0 N–H and O–H groups in total. The molecular formula is C45H26FN3O.